The number of amides is 2. The van der Waals surface area contributed by atoms with Gasteiger partial charge in [0.05, 0.1) is 6.54 Å². The fraction of sp³-hybridized carbons (Fsp3) is 0.778. The maximum Gasteiger partial charge on any atom is 0.248 e. The summed E-state index contributed by atoms with van der Waals surface area (Å²) in [6.45, 7) is 2.84. The summed E-state index contributed by atoms with van der Waals surface area (Å²) in [5.74, 6) is -0.417. The first-order valence-corrected chi connectivity index (χ1v) is 4.70. The molecule has 1 fully saturated rings. The molecule has 0 radical (unpaired) electrons. The van der Waals surface area contributed by atoms with Gasteiger partial charge in [0.25, 0.3) is 0 Å². The maximum absolute atomic E-state index is 12.1. The molecular weight excluding hydrogens is 187 g/mol. The Morgan fingerprint density at radius 2 is 2.21 bits per heavy atom. The van der Waals surface area contributed by atoms with Crippen LogP contribution in [0.25, 0.3) is 0 Å². The fourth-order valence-corrected chi connectivity index (χ4v) is 1.52. The van der Waals surface area contributed by atoms with Gasteiger partial charge in [-0.05, 0) is 13.3 Å². The van der Waals surface area contributed by atoms with Crippen molar-refractivity contribution in [3.8, 4) is 0 Å². The Morgan fingerprint density at radius 3 is 2.71 bits per heavy atom. The first kappa shape index (κ1) is 10.9. The molecule has 0 bridgehead atoms. The van der Waals surface area contributed by atoms with E-state index in [1.165, 1.54) is 4.90 Å². The molecule has 80 valence electrons. The molecule has 0 aliphatic carbocycles. The van der Waals surface area contributed by atoms with Gasteiger partial charge in [-0.15, -0.1) is 0 Å². The number of rotatable bonds is 3. The summed E-state index contributed by atoms with van der Waals surface area (Å²) in [7, 11) is 0. The largest absolute Gasteiger partial charge is 0.340 e. The Bertz CT molecular complexity index is 257. The lowest BCUT2D eigenvalue weighted by Gasteiger charge is -2.38. The summed E-state index contributed by atoms with van der Waals surface area (Å²) in [5, 5.41) is 2.63. The van der Waals surface area contributed by atoms with Crippen LogP contribution in [0.2, 0.25) is 0 Å². The zero-order valence-corrected chi connectivity index (χ0v) is 8.47. The van der Waals surface area contributed by atoms with Crippen LogP contribution >= 0.6 is 0 Å². The number of nitrogens with one attached hydrogen (secondary N) is 1. The fourth-order valence-electron chi connectivity index (χ4n) is 1.52. The van der Waals surface area contributed by atoms with Gasteiger partial charge >= 0.3 is 0 Å². The van der Waals surface area contributed by atoms with Gasteiger partial charge < -0.3 is 10.2 Å². The number of carbonyl (C=O) groups is 2. The standard InChI is InChI=1S/C9H15FN2O2/c1-3-9(2)8(14)12(5-4-10)6-7(13)11-9/h3-6H2,1-2H3,(H,11,13). The summed E-state index contributed by atoms with van der Waals surface area (Å²) < 4.78 is 12.1. The monoisotopic (exact) mass is 202 g/mol. The molecule has 5 heteroatoms. The van der Waals surface area contributed by atoms with E-state index in [1.54, 1.807) is 6.92 Å². The minimum absolute atomic E-state index is 0.00183. The van der Waals surface area contributed by atoms with Gasteiger partial charge in [-0.25, -0.2) is 4.39 Å². The zero-order valence-electron chi connectivity index (χ0n) is 8.47. The van der Waals surface area contributed by atoms with E-state index >= 15 is 0 Å². The predicted molar refractivity (Wildman–Crippen MR) is 49.4 cm³/mol. The molecule has 1 atom stereocenters. The van der Waals surface area contributed by atoms with Crippen molar-refractivity contribution in [1.29, 1.82) is 0 Å². The van der Waals surface area contributed by atoms with Gasteiger partial charge in [0.1, 0.15) is 12.2 Å². The van der Waals surface area contributed by atoms with Crippen molar-refractivity contribution >= 4 is 11.8 Å². The lowest BCUT2D eigenvalue weighted by molar-refractivity contribution is -0.149. The van der Waals surface area contributed by atoms with Gasteiger partial charge in [-0.1, -0.05) is 6.92 Å². The van der Waals surface area contributed by atoms with Gasteiger partial charge in [-0.3, -0.25) is 9.59 Å². The second-order valence-corrected chi connectivity index (χ2v) is 3.65. The minimum atomic E-state index is -0.857. The van der Waals surface area contributed by atoms with E-state index in [0.29, 0.717) is 6.42 Å². The van der Waals surface area contributed by atoms with Crippen LogP contribution in [-0.4, -0.2) is 42.0 Å². The molecule has 0 saturated carbocycles. The van der Waals surface area contributed by atoms with Gasteiger partial charge in [-0.2, -0.15) is 0 Å². The number of halogens is 1. The van der Waals surface area contributed by atoms with Gasteiger partial charge in [0, 0.05) is 6.54 Å². The molecule has 1 saturated heterocycles. The number of alkyl halides is 1. The third kappa shape index (κ3) is 1.86. The lowest BCUT2D eigenvalue weighted by Crippen LogP contribution is -2.65. The average molecular weight is 202 g/mol. The summed E-state index contributed by atoms with van der Waals surface area (Å²) in [6, 6.07) is 0. The maximum atomic E-state index is 12.1. The smallest absolute Gasteiger partial charge is 0.248 e. The number of piperazine rings is 1. The Labute approximate surface area is 82.5 Å². The van der Waals surface area contributed by atoms with E-state index in [0.717, 1.165) is 0 Å². The van der Waals surface area contributed by atoms with Crippen LogP contribution in [0.4, 0.5) is 4.39 Å². The summed E-state index contributed by atoms with van der Waals surface area (Å²) >= 11 is 0. The highest BCUT2D eigenvalue weighted by Crippen LogP contribution is 2.17. The number of carbonyl (C=O) groups excluding carboxylic acids is 2. The second kappa shape index (κ2) is 3.94. The highest BCUT2D eigenvalue weighted by Gasteiger charge is 2.41. The molecule has 0 spiro atoms. The van der Waals surface area contributed by atoms with Crippen LogP contribution < -0.4 is 5.32 Å². The molecule has 0 aromatic carbocycles. The van der Waals surface area contributed by atoms with E-state index < -0.39 is 12.2 Å². The van der Waals surface area contributed by atoms with Gasteiger partial charge in [0.2, 0.25) is 11.8 Å². The van der Waals surface area contributed by atoms with Crippen molar-refractivity contribution in [2.75, 3.05) is 19.8 Å². The van der Waals surface area contributed by atoms with Crippen molar-refractivity contribution in [2.24, 2.45) is 0 Å². The SMILES string of the molecule is CCC1(C)NC(=O)CN(CCF)C1=O. The van der Waals surface area contributed by atoms with Crippen molar-refractivity contribution in [1.82, 2.24) is 10.2 Å². The van der Waals surface area contributed by atoms with E-state index in [1.807, 2.05) is 6.92 Å². The van der Waals surface area contributed by atoms with E-state index in [4.69, 9.17) is 0 Å². The third-order valence-corrected chi connectivity index (χ3v) is 2.57. The Hall–Kier alpha value is -1.13. The Balaban J connectivity index is 2.81. The average Bonchev–Trinajstić information content (AvgIpc) is 2.14. The van der Waals surface area contributed by atoms with Crippen LogP contribution in [0.5, 0.6) is 0 Å². The Kier molecular flexibility index (Phi) is 3.08. The number of hydrogen-bond donors (Lipinski definition) is 1. The van der Waals surface area contributed by atoms with Crippen molar-refractivity contribution in [2.45, 2.75) is 25.8 Å². The number of nitrogens with zero attached hydrogens (tertiary/aromatic N) is 1. The topological polar surface area (TPSA) is 49.4 Å². The number of hydrogen-bond acceptors (Lipinski definition) is 2. The summed E-state index contributed by atoms with van der Waals surface area (Å²) in [4.78, 5) is 24.3. The molecular formula is C9H15FN2O2. The molecule has 1 N–H and O–H groups in total. The highest BCUT2D eigenvalue weighted by atomic mass is 19.1. The van der Waals surface area contributed by atoms with Crippen molar-refractivity contribution in [3.63, 3.8) is 0 Å². The quantitative estimate of drug-likeness (QED) is 0.704. The van der Waals surface area contributed by atoms with Crippen LogP contribution in [0.15, 0.2) is 0 Å². The molecule has 1 aliphatic heterocycles. The normalized spacial score (nSPS) is 27.8. The molecule has 0 aromatic rings. The minimum Gasteiger partial charge on any atom is -0.340 e. The van der Waals surface area contributed by atoms with Crippen LogP contribution in [-0.2, 0) is 9.59 Å². The van der Waals surface area contributed by atoms with Crippen LogP contribution in [0.1, 0.15) is 20.3 Å². The molecule has 1 rings (SSSR count). The first-order valence-electron chi connectivity index (χ1n) is 4.70. The van der Waals surface area contributed by atoms with Gasteiger partial charge in [0.15, 0.2) is 0 Å². The second-order valence-electron chi connectivity index (χ2n) is 3.65. The van der Waals surface area contributed by atoms with Crippen molar-refractivity contribution < 1.29 is 14.0 Å². The molecule has 4 nitrogen and oxygen atoms in total. The summed E-state index contributed by atoms with van der Waals surface area (Å²) in [5.41, 5.74) is -0.857. The van der Waals surface area contributed by atoms with E-state index in [2.05, 4.69) is 5.32 Å². The first-order chi connectivity index (χ1) is 6.53. The molecule has 0 aromatic heterocycles. The Morgan fingerprint density at radius 1 is 1.57 bits per heavy atom. The van der Waals surface area contributed by atoms with Crippen LogP contribution in [0.3, 0.4) is 0 Å². The molecule has 1 unspecified atom stereocenters. The van der Waals surface area contributed by atoms with E-state index in [-0.39, 0.29) is 24.9 Å². The third-order valence-electron chi connectivity index (χ3n) is 2.57. The predicted octanol–water partition coefficient (Wildman–Crippen LogP) is 0.0830. The van der Waals surface area contributed by atoms with E-state index in [9.17, 15) is 14.0 Å². The molecule has 1 heterocycles. The van der Waals surface area contributed by atoms with Crippen LogP contribution in [0, 0.1) is 0 Å². The lowest BCUT2D eigenvalue weighted by atomic mass is 9.94. The molecule has 14 heavy (non-hydrogen) atoms. The summed E-state index contributed by atoms with van der Waals surface area (Å²) in [6.07, 6.45) is 0.514. The molecule has 1 aliphatic rings. The van der Waals surface area contributed by atoms with Crippen molar-refractivity contribution in [3.05, 3.63) is 0 Å². The zero-order chi connectivity index (χ0) is 10.8. The highest BCUT2D eigenvalue weighted by molar-refractivity contribution is 5.97. The molecule has 2 amide bonds.